The van der Waals surface area contributed by atoms with Gasteiger partial charge in [-0.3, -0.25) is 24.9 Å². The van der Waals surface area contributed by atoms with E-state index >= 15 is 0 Å². The number of piperidine rings is 2. The second-order valence-corrected chi connectivity index (χ2v) is 10.8. The molecule has 0 saturated carbocycles. The van der Waals surface area contributed by atoms with E-state index in [1.54, 1.807) is 17.4 Å². The molecule has 8 heteroatoms. The number of hydrogen-bond donors (Lipinski definition) is 0. The molecule has 8 rings (SSSR count). The summed E-state index contributed by atoms with van der Waals surface area (Å²) < 4.78 is 0. The van der Waals surface area contributed by atoms with E-state index in [0.717, 1.165) is 53.8 Å². The average Bonchev–Trinajstić information content (AvgIpc) is 3.29. The maximum absolute atomic E-state index is 11.1. The number of likely N-dealkylation sites (tertiary alicyclic amines) is 1. The molecule has 2 aromatic carbocycles. The summed E-state index contributed by atoms with van der Waals surface area (Å²) in [6.07, 6.45) is 7.81. The molecular formula is C27H25N7O. The van der Waals surface area contributed by atoms with Crippen molar-refractivity contribution in [3.8, 4) is 0 Å². The van der Waals surface area contributed by atoms with Crippen LogP contribution in [0.5, 0.6) is 0 Å². The van der Waals surface area contributed by atoms with Crippen molar-refractivity contribution in [3.63, 3.8) is 0 Å². The van der Waals surface area contributed by atoms with Crippen LogP contribution in [-0.2, 0) is 6.54 Å². The minimum atomic E-state index is 0.368. The highest BCUT2D eigenvalue weighted by Crippen LogP contribution is 2.48. The van der Waals surface area contributed by atoms with E-state index in [0.29, 0.717) is 36.8 Å². The van der Waals surface area contributed by atoms with Gasteiger partial charge in [-0.15, -0.1) is 4.91 Å². The van der Waals surface area contributed by atoms with Crippen LogP contribution in [0.4, 0.5) is 0 Å². The van der Waals surface area contributed by atoms with E-state index in [2.05, 4.69) is 44.4 Å². The lowest BCUT2D eigenvalue weighted by atomic mass is 9.95. The van der Waals surface area contributed by atoms with E-state index in [1.807, 2.05) is 6.20 Å². The van der Waals surface area contributed by atoms with Gasteiger partial charge in [0.1, 0.15) is 0 Å². The van der Waals surface area contributed by atoms with Crippen molar-refractivity contribution in [3.05, 3.63) is 75.7 Å². The first kappa shape index (κ1) is 19.8. The van der Waals surface area contributed by atoms with Crippen molar-refractivity contribution < 1.29 is 0 Å². The number of benzene rings is 2. The van der Waals surface area contributed by atoms with Crippen molar-refractivity contribution in [2.75, 3.05) is 26.2 Å². The Balaban J connectivity index is 1.07. The fourth-order valence-corrected chi connectivity index (χ4v) is 7.26. The number of rotatable bonds is 3. The largest absolute Gasteiger partial charge is 0.296 e. The first-order chi connectivity index (χ1) is 17.2. The number of nitroso groups, excluding NO2 is 1. The highest BCUT2D eigenvalue weighted by molar-refractivity contribution is 5.78. The van der Waals surface area contributed by atoms with Crippen LogP contribution < -0.4 is 0 Å². The summed E-state index contributed by atoms with van der Waals surface area (Å²) in [6.45, 7) is 4.31. The maximum Gasteiger partial charge on any atom is 0.0893 e. The number of nitrogens with zero attached hydrogens (tertiary/aromatic N) is 7. The Hall–Kier alpha value is -3.52. The zero-order chi connectivity index (χ0) is 23.1. The van der Waals surface area contributed by atoms with Gasteiger partial charge in [0.15, 0.2) is 0 Å². The van der Waals surface area contributed by atoms with Crippen LogP contribution in [0, 0.1) is 4.91 Å². The van der Waals surface area contributed by atoms with Crippen LogP contribution in [0.3, 0.4) is 0 Å². The van der Waals surface area contributed by atoms with E-state index in [1.165, 1.54) is 28.7 Å². The Kier molecular flexibility index (Phi) is 4.09. The van der Waals surface area contributed by atoms with Crippen molar-refractivity contribution in [2.45, 2.75) is 43.1 Å². The maximum atomic E-state index is 11.1. The summed E-state index contributed by atoms with van der Waals surface area (Å²) in [5.41, 5.74) is 10.5. The molecule has 8 nitrogen and oxygen atoms in total. The Morgan fingerprint density at radius 3 is 1.80 bits per heavy atom. The molecule has 4 unspecified atom stereocenters. The third-order valence-corrected chi connectivity index (χ3v) is 8.69. The summed E-state index contributed by atoms with van der Waals surface area (Å²) in [5.74, 6) is 1.83. The summed E-state index contributed by atoms with van der Waals surface area (Å²) in [7, 11) is 0. The molecule has 4 atom stereocenters. The Bertz CT molecular complexity index is 1470. The molecule has 2 aliphatic heterocycles. The van der Waals surface area contributed by atoms with Crippen molar-refractivity contribution >= 4 is 22.1 Å². The average molecular weight is 464 g/mol. The molecule has 2 aliphatic carbocycles. The lowest BCUT2D eigenvalue weighted by Gasteiger charge is -2.31. The summed E-state index contributed by atoms with van der Waals surface area (Å²) in [4.78, 5) is 32.6. The molecular weight excluding hydrogens is 438 g/mol. The van der Waals surface area contributed by atoms with E-state index in [9.17, 15) is 4.91 Å². The second kappa shape index (κ2) is 7.24. The van der Waals surface area contributed by atoms with Gasteiger partial charge in [0.25, 0.3) is 0 Å². The van der Waals surface area contributed by atoms with Gasteiger partial charge in [-0.25, -0.2) is 4.98 Å². The van der Waals surface area contributed by atoms with Crippen LogP contribution in [0.25, 0.3) is 22.1 Å². The predicted octanol–water partition coefficient (Wildman–Crippen LogP) is 4.23. The molecule has 0 N–H and O–H groups in total. The third kappa shape index (κ3) is 3.02. The second-order valence-electron chi connectivity index (χ2n) is 10.8. The fraction of sp³-hybridized carbons (Fsp3) is 0.407. The number of hydrogen-bond acceptors (Lipinski definition) is 7. The van der Waals surface area contributed by atoms with Crippen LogP contribution in [0.15, 0.2) is 48.1 Å². The predicted molar refractivity (Wildman–Crippen MR) is 132 cm³/mol. The van der Waals surface area contributed by atoms with Gasteiger partial charge >= 0.3 is 0 Å². The van der Waals surface area contributed by atoms with Gasteiger partial charge in [-0.05, 0) is 71.2 Å². The zero-order valence-corrected chi connectivity index (χ0v) is 19.3. The zero-order valence-electron chi connectivity index (χ0n) is 19.3. The van der Waals surface area contributed by atoms with Gasteiger partial charge in [-0.1, -0.05) is 0 Å². The van der Waals surface area contributed by atoms with Crippen LogP contribution in [-0.4, -0.2) is 56.0 Å². The third-order valence-electron chi connectivity index (χ3n) is 8.69. The quantitative estimate of drug-likeness (QED) is 0.420. The molecule has 0 amide bonds. The fourth-order valence-electron chi connectivity index (χ4n) is 7.26. The molecule has 2 saturated heterocycles. The first-order valence-electron chi connectivity index (χ1n) is 12.6. The van der Waals surface area contributed by atoms with Crippen molar-refractivity contribution in [1.82, 2.24) is 29.8 Å². The highest BCUT2D eigenvalue weighted by Gasteiger charge is 2.39. The van der Waals surface area contributed by atoms with Crippen LogP contribution in [0.1, 0.15) is 64.5 Å². The standard InChI is InChI=1S/C27H25N7O/c35-32-34-12-17-4-18(13-34)23-8-27-26(7-22(17)23)30-9-19(31-27)14-33-10-15-3-16(11-33)21-6-25-24(5-20(15)21)28-1-2-29-25/h1-2,5-9,15-18H,3-4,10-14H2. The van der Waals surface area contributed by atoms with Crippen LogP contribution in [0.2, 0.25) is 0 Å². The van der Waals surface area contributed by atoms with E-state index < -0.39 is 0 Å². The minimum absolute atomic E-state index is 0.368. The van der Waals surface area contributed by atoms with Gasteiger partial charge in [0.2, 0.25) is 0 Å². The number of fused-ring (bicyclic) bond motifs is 12. The van der Waals surface area contributed by atoms with Gasteiger partial charge in [0, 0.05) is 57.0 Å². The highest BCUT2D eigenvalue weighted by atomic mass is 16.3. The molecule has 4 heterocycles. The summed E-state index contributed by atoms with van der Waals surface area (Å²) in [5, 5.41) is 4.88. The molecule has 0 radical (unpaired) electrons. The normalized spacial score (nSPS) is 26.8. The number of aromatic nitrogens is 4. The van der Waals surface area contributed by atoms with Gasteiger partial charge in [0.05, 0.1) is 39.2 Å². The molecule has 2 aromatic heterocycles. The van der Waals surface area contributed by atoms with Gasteiger partial charge < -0.3 is 0 Å². The molecule has 4 bridgehead atoms. The summed E-state index contributed by atoms with van der Waals surface area (Å²) in [6, 6.07) is 8.95. The monoisotopic (exact) mass is 463 g/mol. The topological polar surface area (TPSA) is 87.5 Å². The molecule has 0 spiro atoms. The Morgan fingerprint density at radius 1 is 0.714 bits per heavy atom. The molecule has 4 aliphatic rings. The first-order valence-corrected chi connectivity index (χ1v) is 12.6. The minimum Gasteiger partial charge on any atom is -0.296 e. The lowest BCUT2D eigenvalue weighted by molar-refractivity contribution is 0.193. The van der Waals surface area contributed by atoms with Gasteiger partial charge in [-0.2, -0.15) is 0 Å². The smallest absolute Gasteiger partial charge is 0.0893 e. The van der Waals surface area contributed by atoms with E-state index in [4.69, 9.17) is 9.97 Å². The Labute approximate surface area is 202 Å². The summed E-state index contributed by atoms with van der Waals surface area (Å²) >= 11 is 0. The molecule has 2 fully saturated rings. The molecule has 4 aromatic rings. The lowest BCUT2D eigenvalue weighted by Crippen LogP contribution is -2.34. The van der Waals surface area contributed by atoms with Crippen molar-refractivity contribution in [2.24, 2.45) is 5.29 Å². The van der Waals surface area contributed by atoms with E-state index in [-0.39, 0.29) is 0 Å². The van der Waals surface area contributed by atoms with Crippen molar-refractivity contribution in [1.29, 1.82) is 0 Å². The Morgan fingerprint density at radius 2 is 1.23 bits per heavy atom. The molecule has 35 heavy (non-hydrogen) atoms. The van der Waals surface area contributed by atoms with Crippen LogP contribution >= 0.6 is 0 Å². The molecule has 174 valence electrons. The SMILES string of the molecule is O=NN1CC2CC(C1)c1cc3nc(CN4CC5CC(C4)c4cc6nccnc6cc45)cnc3cc12.